The molecule has 6 heteroatoms. The van der Waals surface area contributed by atoms with Crippen LogP contribution in [0.15, 0.2) is 23.8 Å². The van der Waals surface area contributed by atoms with Gasteiger partial charge in [0.05, 0.1) is 11.0 Å². The number of Topliss-reactive ketones (excluding diaryl/α,β-unsaturated/α-hetero) is 1. The molecule has 0 aromatic heterocycles. The fourth-order valence-electron chi connectivity index (χ4n) is 7.16. The summed E-state index contributed by atoms with van der Waals surface area (Å²) >= 11 is 7.32. The molecular weight excluding hydrogens is 380 g/mol. The topological polar surface area (TPSA) is 94.8 Å². The van der Waals surface area contributed by atoms with Crippen molar-refractivity contribution in [3.05, 3.63) is 23.8 Å². The molecule has 3 N–H and O–H groups in total. The number of aliphatic hydroxyl groups excluding tert-OH is 2. The van der Waals surface area contributed by atoms with Gasteiger partial charge in [0.25, 0.3) is 0 Å². The molecule has 5 nitrogen and oxygen atoms in total. The van der Waals surface area contributed by atoms with Crippen molar-refractivity contribution in [1.82, 2.24) is 0 Å². The summed E-state index contributed by atoms with van der Waals surface area (Å²) in [4.78, 5) is 23.6. The molecule has 0 spiro atoms. The van der Waals surface area contributed by atoms with E-state index in [-0.39, 0.29) is 24.0 Å². The average Bonchev–Trinajstić information content (AvgIpc) is 2.84. The number of hydrogen-bond donors (Lipinski definition) is 3. The molecule has 0 saturated heterocycles. The quantitative estimate of drug-likeness (QED) is 0.481. The van der Waals surface area contributed by atoms with Crippen molar-refractivity contribution >= 4 is 23.2 Å². The van der Waals surface area contributed by atoms with Crippen LogP contribution in [0.1, 0.15) is 52.4 Å². The highest BCUT2D eigenvalue weighted by atomic mass is 35.5. The van der Waals surface area contributed by atoms with Crippen LogP contribution in [-0.4, -0.2) is 50.1 Å². The van der Waals surface area contributed by atoms with Crippen molar-refractivity contribution in [2.75, 3.05) is 6.61 Å². The Morgan fingerprint density at radius 3 is 2.64 bits per heavy atom. The average molecular weight is 409 g/mol. The fourth-order valence-corrected chi connectivity index (χ4v) is 7.71. The van der Waals surface area contributed by atoms with Crippen LogP contribution in [0.25, 0.3) is 0 Å². The second kappa shape index (κ2) is 6.00. The number of halogens is 1. The third kappa shape index (κ3) is 2.09. The Morgan fingerprint density at radius 1 is 1.32 bits per heavy atom. The van der Waals surface area contributed by atoms with Gasteiger partial charge < -0.3 is 15.3 Å². The van der Waals surface area contributed by atoms with E-state index in [1.165, 1.54) is 0 Å². The van der Waals surface area contributed by atoms with E-state index in [2.05, 4.69) is 6.58 Å². The van der Waals surface area contributed by atoms with Gasteiger partial charge in [-0.05, 0) is 55.6 Å². The van der Waals surface area contributed by atoms with Crippen LogP contribution in [-0.2, 0) is 9.59 Å². The van der Waals surface area contributed by atoms with Gasteiger partial charge in [0.2, 0.25) is 0 Å². The summed E-state index contributed by atoms with van der Waals surface area (Å²) < 4.78 is 0. The van der Waals surface area contributed by atoms with Crippen LogP contribution in [0.3, 0.4) is 0 Å². The van der Waals surface area contributed by atoms with Crippen LogP contribution in [0.2, 0.25) is 0 Å². The van der Waals surface area contributed by atoms with E-state index in [0.717, 1.165) is 12.0 Å². The van der Waals surface area contributed by atoms with Gasteiger partial charge in [-0.15, -0.1) is 11.6 Å². The monoisotopic (exact) mass is 408 g/mol. The Labute approximate surface area is 170 Å². The van der Waals surface area contributed by atoms with E-state index in [4.69, 9.17) is 11.6 Å². The highest BCUT2D eigenvalue weighted by Gasteiger charge is 2.74. The maximum atomic E-state index is 12.6. The van der Waals surface area contributed by atoms with Gasteiger partial charge in [-0.3, -0.25) is 9.59 Å². The standard InChI is InChI=1S/C22H29ClO5/c1-12-8-16-15-5-4-13-9-14(25)6-7-19(13,2)21(15,23)17(26)10-20(16,3)22(12,28)18(27)11-24/h9,15-17,24,26,28H,1,4-8,10-11H2,2-3H3/t15-,16-,17?,19-,20-,21-,22-/m0/s1. The number of carbonyl (C=O) groups is 2. The first-order valence-electron chi connectivity index (χ1n) is 10.1. The molecule has 0 amide bonds. The molecule has 4 rings (SSSR count). The molecule has 0 aromatic carbocycles. The predicted molar refractivity (Wildman–Crippen MR) is 105 cm³/mol. The summed E-state index contributed by atoms with van der Waals surface area (Å²) in [6.07, 6.45) is 3.77. The van der Waals surface area contributed by atoms with E-state index < -0.39 is 39.8 Å². The molecule has 4 aliphatic rings. The minimum Gasteiger partial charge on any atom is -0.391 e. The lowest BCUT2D eigenvalue weighted by Crippen LogP contribution is -2.69. The lowest BCUT2D eigenvalue weighted by Gasteiger charge is -2.64. The van der Waals surface area contributed by atoms with Crippen LogP contribution < -0.4 is 0 Å². The fraction of sp³-hybridized carbons (Fsp3) is 0.727. The minimum atomic E-state index is -1.86. The van der Waals surface area contributed by atoms with Gasteiger partial charge in [-0.1, -0.05) is 26.0 Å². The van der Waals surface area contributed by atoms with E-state index in [1.54, 1.807) is 6.08 Å². The van der Waals surface area contributed by atoms with Crippen molar-refractivity contribution in [3.8, 4) is 0 Å². The third-order valence-electron chi connectivity index (χ3n) is 8.78. The number of carbonyl (C=O) groups excluding carboxylic acids is 2. The molecule has 1 unspecified atom stereocenters. The summed E-state index contributed by atoms with van der Waals surface area (Å²) in [5.74, 6) is -0.811. The normalized spacial score (nSPS) is 50.5. The molecule has 28 heavy (non-hydrogen) atoms. The van der Waals surface area contributed by atoms with Crippen molar-refractivity contribution in [1.29, 1.82) is 0 Å². The zero-order valence-corrected chi connectivity index (χ0v) is 17.3. The van der Waals surface area contributed by atoms with Crippen LogP contribution in [0, 0.1) is 22.7 Å². The van der Waals surface area contributed by atoms with E-state index >= 15 is 0 Å². The van der Waals surface area contributed by atoms with Crippen molar-refractivity contribution in [3.63, 3.8) is 0 Å². The molecule has 7 atom stereocenters. The first-order chi connectivity index (χ1) is 13.0. The molecule has 3 fully saturated rings. The molecular formula is C22H29ClO5. The Balaban J connectivity index is 1.84. The molecule has 3 saturated carbocycles. The first kappa shape index (κ1) is 20.3. The minimum absolute atomic E-state index is 0.110. The Kier molecular flexibility index (Phi) is 4.35. The number of ketones is 2. The zero-order chi connectivity index (χ0) is 20.7. The first-order valence-corrected chi connectivity index (χ1v) is 10.5. The van der Waals surface area contributed by atoms with Crippen LogP contribution in [0.5, 0.6) is 0 Å². The summed E-state index contributed by atoms with van der Waals surface area (Å²) in [6.45, 7) is 7.08. The van der Waals surface area contributed by atoms with Crippen LogP contribution >= 0.6 is 11.6 Å². The highest BCUT2D eigenvalue weighted by Crippen LogP contribution is 2.71. The Bertz CT molecular complexity index is 805. The summed E-state index contributed by atoms with van der Waals surface area (Å²) in [5.41, 5.74) is -1.89. The second-order valence-electron chi connectivity index (χ2n) is 9.72. The highest BCUT2D eigenvalue weighted by molar-refractivity contribution is 6.26. The lowest BCUT2D eigenvalue weighted by molar-refractivity contribution is -0.171. The van der Waals surface area contributed by atoms with Crippen molar-refractivity contribution < 1.29 is 24.9 Å². The molecule has 0 aromatic rings. The summed E-state index contributed by atoms with van der Waals surface area (Å²) in [6, 6.07) is 0. The van der Waals surface area contributed by atoms with Crippen molar-refractivity contribution in [2.24, 2.45) is 22.7 Å². The lowest BCUT2D eigenvalue weighted by atomic mass is 9.45. The maximum absolute atomic E-state index is 12.6. The number of hydrogen-bond acceptors (Lipinski definition) is 5. The number of allylic oxidation sites excluding steroid dienone is 1. The molecule has 0 bridgehead atoms. The van der Waals surface area contributed by atoms with Gasteiger partial charge in [0.15, 0.2) is 17.2 Å². The predicted octanol–water partition coefficient (Wildman–Crippen LogP) is 2.31. The number of aliphatic hydroxyl groups is 3. The van der Waals surface area contributed by atoms with Crippen molar-refractivity contribution in [2.45, 2.75) is 69.0 Å². The molecule has 154 valence electrons. The van der Waals surface area contributed by atoms with Gasteiger partial charge in [-0.2, -0.15) is 0 Å². The third-order valence-corrected chi connectivity index (χ3v) is 9.73. The van der Waals surface area contributed by atoms with Gasteiger partial charge in [0, 0.05) is 17.3 Å². The zero-order valence-electron chi connectivity index (χ0n) is 16.5. The Morgan fingerprint density at radius 2 is 2.00 bits per heavy atom. The Hall–Kier alpha value is -1.01. The molecule has 4 aliphatic carbocycles. The summed E-state index contributed by atoms with van der Waals surface area (Å²) in [7, 11) is 0. The molecule has 0 aliphatic heterocycles. The molecule has 0 heterocycles. The number of fused-ring (bicyclic) bond motifs is 5. The van der Waals surface area contributed by atoms with E-state index in [0.29, 0.717) is 31.3 Å². The van der Waals surface area contributed by atoms with Crippen LogP contribution in [0.4, 0.5) is 0 Å². The molecule has 0 radical (unpaired) electrons. The second-order valence-corrected chi connectivity index (χ2v) is 10.3. The SMILES string of the molecule is C=C1C[C@H]2[C@@H]3CCC4=CC(=O)CC[C@]4(C)[C@@]3(Cl)C(O)C[C@]2(C)[C@@]1(O)C(=O)CO. The van der Waals surface area contributed by atoms with E-state index in [9.17, 15) is 24.9 Å². The van der Waals surface area contributed by atoms with Gasteiger partial charge in [0.1, 0.15) is 6.61 Å². The number of rotatable bonds is 2. The smallest absolute Gasteiger partial charge is 0.194 e. The van der Waals surface area contributed by atoms with E-state index in [1.807, 2.05) is 13.8 Å². The van der Waals surface area contributed by atoms with Gasteiger partial charge >= 0.3 is 0 Å². The largest absolute Gasteiger partial charge is 0.391 e. The van der Waals surface area contributed by atoms with Gasteiger partial charge in [-0.25, -0.2) is 0 Å². The summed E-state index contributed by atoms with van der Waals surface area (Å²) in [5, 5.41) is 32.2. The maximum Gasteiger partial charge on any atom is 0.194 e. The number of alkyl halides is 1.